The molecule has 0 aliphatic rings. The van der Waals surface area contributed by atoms with E-state index in [1.807, 2.05) is 0 Å². The zero-order valence-electron chi connectivity index (χ0n) is 10.4. The maximum absolute atomic E-state index is 12.4. The third-order valence-corrected chi connectivity index (χ3v) is 2.16. The van der Waals surface area contributed by atoms with Crippen LogP contribution in [0.3, 0.4) is 0 Å². The van der Waals surface area contributed by atoms with E-state index in [9.17, 15) is 18.7 Å². The minimum Gasteiger partial charge on any atom is -0.544 e. The first-order valence-electron chi connectivity index (χ1n) is 5.53. The first kappa shape index (κ1) is 15.4. The van der Waals surface area contributed by atoms with Crippen LogP contribution in [-0.2, 0) is 4.79 Å². The maximum Gasteiger partial charge on any atom is 0.387 e. The molecule has 1 rings (SSSR count). The van der Waals surface area contributed by atoms with E-state index in [4.69, 9.17) is 10.00 Å². The number of carboxylic acids is 1. The molecule has 0 aromatic heterocycles. The number of ether oxygens (including phenoxy) is 2. The zero-order valence-corrected chi connectivity index (χ0v) is 10.4. The fourth-order valence-corrected chi connectivity index (χ4v) is 1.42. The lowest BCUT2D eigenvalue weighted by molar-refractivity contribution is -0.298. The molecule has 0 aliphatic heterocycles. The molecule has 0 heterocycles. The predicted molar refractivity (Wildman–Crippen MR) is 62.8 cm³/mol. The minimum atomic E-state index is -3.11. The summed E-state index contributed by atoms with van der Waals surface area (Å²) in [5.41, 5.74) is -0.727. The Morgan fingerprint density at radius 3 is 2.75 bits per heavy atom. The van der Waals surface area contributed by atoms with E-state index in [0.717, 1.165) is 6.08 Å². The van der Waals surface area contributed by atoms with Gasteiger partial charge in [0.05, 0.1) is 18.1 Å². The number of hydrogen-bond donors (Lipinski definition) is 0. The number of para-hydroxylation sites is 1. The molecule has 106 valence electrons. The molecular weight excluding hydrogens is 272 g/mol. The van der Waals surface area contributed by atoms with Crippen LogP contribution in [0, 0.1) is 11.3 Å². The number of carboxylic acid groups (broad SMARTS) is 1. The highest BCUT2D eigenvalue weighted by Gasteiger charge is 2.15. The second kappa shape index (κ2) is 7.09. The fourth-order valence-electron chi connectivity index (χ4n) is 1.42. The van der Waals surface area contributed by atoms with Crippen LogP contribution < -0.4 is 14.6 Å². The summed E-state index contributed by atoms with van der Waals surface area (Å²) >= 11 is 0. The largest absolute Gasteiger partial charge is 0.544 e. The predicted octanol–water partition coefficient (Wildman–Crippen LogP) is 1.34. The van der Waals surface area contributed by atoms with Crippen LogP contribution >= 0.6 is 0 Å². The summed E-state index contributed by atoms with van der Waals surface area (Å²) in [6.07, 6.45) is 0.884. The van der Waals surface area contributed by atoms with Crippen LogP contribution in [0.5, 0.6) is 11.5 Å². The minimum absolute atomic E-state index is 0.0167. The molecule has 1 aromatic rings. The van der Waals surface area contributed by atoms with Crippen LogP contribution in [-0.4, -0.2) is 19.2 Å². The average molecular weight is 282 g/mol. The molecule has 0 bridgehead atoms. The van der Waals surface area contributed by atoms with Gasteiger partial charge in [-0.15, -0.1) is 0 Å². The number of hydrogen-bond acceptors (Lipinski definition) is 5. The van der Waals surface area contributed by atoms with Crippen LogP contribution in [0.15, 0.2) is 23.8 Å². The fraction of sp³-hybridized carbons (Fsp3) is 0.231. The first-order chi connectivity index (χ1) is 9.49. The summed E-state index contributed by atoms with van der Waals surface area (Å²) in [6.45, 7) is -1.26. The maximum atomic E-state index is 12.4. The third kappa shape index (κ3) is 3.95. The normalized spacial score (nSPS) is 11.1. The van der Waals surface area contributed by atoms with Gasteiger partial charge in [0.25, 0.3) is 0 Å². The molecule has 0 saturated carbocycles. The number of alkyl halides is 2. The van der Waals surface area contributed by atoms with Gasteiger partial charge in [0, 0.05) is 5.56 Å². The van der Waals surface area contributed by atoms with Gasteiger partial charge in [0.1, 0.15) is 6.07 Å². The van der Waals surface area contributed by atoms with Gasteiger partial charge < -0.3 is 19.4 Å². The number of nitrogens with zero attached hydrogens (tertiary/aromatic N) is 1. The van der Waals surface area contributed by atoms with E-state index >= 15 is 0 Å². The van der Waals surface area contributed by atoms with E-state index in [-0.39, 0.29) is 23.7 Å². The van der Waals surface area contributed by atoms with E-state index in [1.54, 1.807) is 6.92 Å². The zero-order chi connectivity index (χ0) is 15.1. The van der Waals surface area contributed by atoms with E-state index in [1.165, 1.54) is 24.3 Å². The molecule has 0 radical (unpaired) electrons. The lowest BCUT2D eigenvalue weighted by atomic mass is 10.1. The Kier molecular flexibility index (Phi) is 5.47. The number of benzene rings is 1. The summed E-state index contributed by atoms with van der Waals surface area (Å²) in [5.74, 6) is -2.02. The average Bonchev–Trinajstić information content (AvgIpc) is 2.38. The smallest absolute Gasteiger partial charge is 0.387 e. The highest BCUT2D eigenvalue weighted by Crippen LogP contribution is 2.34. The standard InChI is InChI=1S/C13H11F2NO4/c1-2-19-10-5-3-4-8(11(10)20-13(14)15)6-9(7-16)12(17)18/h3-6,13H,2H2,1H3,(H,17,18)/p-1/b9-6+. The molecule has 1 aromatic carbocycles. The van der Waals surface area contributed by atoms with Crippen molar-refractivity contribution >= 4 is 12.0 Å². The summed E-state index contributed by atoms with van der Waals surface area (Å²) in [7, 11) is 0. The molecule has 0 saturated heterocycles. The Bertz CT molecular complexity index is 564. The Morgan fingerprint density at radius 1 is 1.55 bits per heavy atom. The van der Waals surface area contributed by atoms with Crippen molar-refractivity contribution in [3.63, 3.8) is 0 Å². The number of aliphatic carboxylic acids is 1. The highest BCUT2D eigenvalue weighted by atomic mass is 19.3. The quantitative estimate of drug-likeness (QED) is 0.581. The number of carbonyl (C=O) groups is 1. The van der Waals surface area contributed by atoms with Crippen molar-refractivity contribution in [3.8, 4) is 17.6 Å². The van der Waals surface area contributed by atoms with Gasteiger partial charge in [-0.05, 0) is 19.1 Å². The molecule has 0 N–H and O–H groups in total. The lowest BCUT2D eigenvalue weighted by Crippen LogP contribution is -2.23. The van der Waals surface area contributed by atoms with E-state index in [0.29, 0.717) is 0 Å². The van der Waals surface area contributed by atoms with Crippen molar-refractivity contribution in [1.29, 1.82) is 5.26 Å². The topological polar surface area (TPSA) is 82.4 Å². The molecular formula is C13H10F2NO4-. The summed E-state index contributed by atoms with van der Waals surface area (Å²) in [4.78, 5) is 10.7. The molecule has 0 amide bonds. The number of nitriles is 1. The molecule has 0 aliphatic carbocycles. The van der Waals surface area contributed by atoms with E-state index < -0.39 is 18.2 Å². The second-order valence-corrected chi connectivity index (χ2v) is 3.44. The summed E-state index contributed by atoms with van der Waals surface area (Å²) in [5, 5.41) is 19.3. The molecule has 0 unspecified atom stereocenters. The number of carbonyl (C=O) groups excluding carboxylic acids is 1. The molecule has 0 spiro atoms. The molecule has 20 heavy (non-hydrogen) atoms. The van der Waals surface area contributed by atoms with Gasteiger partial charge in [-0.2, -0.15) is 14.0 Å². The monoisotopic (exact) mass is 282 g/mol. The van der Waals surface area contributed by atoms with Gasteiger partial charge >= 0.3 is 6.61 Å². The van der Waals surface area contributed by atoms with Gasteiger partial charge in [0.2, 0.25) is 0 Å². The van der Waals surface area contributed by atoms with Crippen molar-refractivity contribution in [1.82, 2.24) is 0 Å². The molecule has 0 fully saturated rings. The van der Waals surface area contributed by atoms with Crippen molar-refractivity contribution in [2.24, 2.45) is 0 Å². The van der Waals surface area contributed by atoms with Crippen molar-refractivity contribution in [3.05, 3.63) is 29.3 Å². The lowest BCUT2D eigenvalue weighted by Gasteiger charge is -2.14. The summed E-state index contributed by atoms with van der Waals surface area (Å²) < 4.78 is 34.3. The highest BCUT2D eigenvalue weighted by molar-refractivity contribution is 5.95. The Balaban J connectivity index is 3.34. The molecule has 7 heteroatoms. The van der Waals surface area contributed by atoms with Crippen LogP contribution in [0.4, 0.5) is 8.78 Å². The van der Waals surface area contributed by atoms with Crippen LogP contribution in [0.2, 0.25) is 0 Å². The SMILES string of the molecule is CCOc1cccc(/C=C(\C#N)C(=O)[O-])c1OC(F)F. The van der Waals surface area contributed by atoms with Gasteiger partial charge in [-0.3, -0.25) is 0 Å². The molecule has 5 nitrogen and oxygen atoms in total. The van der Waals surface area contributed by atoms with Crippen LogP contribution in [0.25, 0.3) is 6.08 Å². The Morgan fingerprint density at radius 2 is 2.25 bits per heavy atom. The number of halogens is 2. The Hall–Kier alpha value is -2.62. The van der Waals surface area contributed by atoms with Crippen molar-refractivity contribution in [2.45, 2.75) is 13.5 Å². The first-order valence-corrected chi connectivity index (χ1v) is 5.53. The van der Waals surface area contributed by atoms with Crippen molar-refractivity contribution < 1.29 is 28.2 Å². The third-order valence-electron chi connectivity index (χ3n) is 2.16. The van der Waals surface area contributed by atoms with E-state index in [2.05, 4.69) is 4.74 Å². The summed E-state index contributed by atoms with van der Waals surface area (Å²) in [6, 6.07) is 5.57. The van der Waals surface area contributed by atoms with Crippen molar-refractivity contribution in [2.75, 3.05) is 6.61 Å². The van der Waals surface area contributed by atoms with Gasteiger partial charge in [-0.1, -0.05) is 12.1 Å². The van der Waals surface area contributed by atoms with Gasteiger partial charge in [0.15, 0.2) is 11.5 Å². The molecule has 0 atom stereocenters. The Labute approximate surface area is 113 Å². The second-order valence-electron chi connectivity index (χ2n) is 3.44. The van der Waals surface area contributed by atoms with Gasteiger partial charge in [-0.25, -0.2) is 0 Å². The number of rotatable bonds is 6. The van der Waals surface area contributed by atoms with Crippen LogP contribution in [0.1, 0.15) is 12.5 Å².